The molecule has 112 valence electrons. The minimum Gasteiger partial charge on any atom is -0.463 e. The van der Waals surface area contributed by atoms with Crippen molar-refractivity contribution >= 4 is 16.0 Å². The van der Waals surface area contributed by atoms with E-state index in [0.717, 1.165) is 5.56 Å². The highest BCUT2D eigenvalue weighted by molar-refractivity contribution is 7.88. The molecule has 1 saturated heterocycles. The summed E-state index contributed by atoms with van der Waals surface area (Å²) in [6, 6.07) is 1.73. The Morgan fingerprint density at radius 2 is 2.00 bits per heavy atom. The number of ether oxygens (including phenoxy) is 1. The number of esters is 1. The molecule has 1 aromatic rings. The number of hydrogen-bond acceptors (Lipinski definition) is 6. The monoisotopic (exact) mass is 302 g/mol. The Labute approximate surface area is 118 Å². The van der Waals surface area contributed by atoms with Gasteiger partial charge in [-0.15, -0.1) is 0 Å². The van der Waals surface area contributed by atoms with E-state index < -0.39 is 16.0 Å². The maximum absolute atomic E-state index is 11.5. The lowest BCUT2D eigenvalue weighted by Crippen LogP contribution is -2.47. The molecule has 2 rings (SSSR count). The standard InChI is InChI=1S/C12H18N2O5S/c1-18-12(15)11-10(3-8-19-11)9-13-4-6-14(7-5-13)20(2,16)17/h3,8H,4-7,9H2,1-2H3. The van der Waals surface area contributed by atoms with Crippen molar-refractivity contribution in [2.45, 2.75) is 6.54 Å². The quantitative estimate of drug-likeness (QED) is 0.736. The van der Waals surface area contributed by atoms with Gasteiger partial charge < -0.3 is 9.15 Å². The smallest absolute Gasteiger partial charge is 0.374 e. The summed E-state index contributed by atoms with van der Waals surface area (Å²) in [6.07, 6.45) is 2.67. The first-order valence-electron chi connectivity index (χ1n) is 6.24. The van der Waals surface area contributed by atoms with E-state index in [4.69, 9.17) is 4.42 Å². The van der Waals surface area contributed by atoms with Crippen molar-refractivity contribution in [1.82, 2.24) is 9.21 Å². The van der Waals surface area contributed by atoms with E-state index in [1.54, 1.807) is 6.07 Å². The normalized spacial score (nSPS) is 18.1. The van der Waals surface area contributed by atoms with Crippen LogP contribution >= 0.6 is 0 Å². The van der Waals surface area contributed by atoms with Crippen molar-refractivity contribution in [3.63, 3.8) is 0 Å². The van der Waals surface area contributed by atoms with Crippen LogP contribution in [0.1, 0.15) is 16.1 Å². The highest BCUT2D eigenvalue weighted by atomic mass is 32.2. The van der Waals surface area contributed by atoms with Gasteiger partial charge in [0.1, 0.15) is 0 Å². The van der Waals surface area contributed by atoms with Gasteiger partial charge in [-0.1, -0.05) is 0 Å². The summed E-state index contributed by atoms with van der Waals surface area (Å²) in [5.74, 6) is -0.294. The Balaban J connectivity index is 1.97. The molecule has 0 amide bonds. The fraction of sp³-hybridized carbons (Fsp3) is 0.583. The largest absolute Gasteiger partial charge is 0.463 e. The summed E-state index contributed by atoms with van der Waals surface area (Å²) >= 11 is 0. The van der Waals surface area contributed by atoms with Crippen LogP contribution in [-0.2, 0) is 21.3 Å². The third kappa shape index (κ3) is 3.38. The molecule has 0 spiro atoms. The van der Waals surface area contributed by atoms with Crippen LogP contribution in [0.3, 0.4) is 0 Å². The van der Waals surface area contributed by atoms with E-state index in [0.29, 0.717) is 32.7 Å². The molecule has 1 aromatic heterocycles. The summed E-state index contributed by atoms with van der Waals surface area (Å²) < 4.78 is 34.1. The molecule has 1 fully saturated rings. The zero-order chi connectivity index (χ0) is 14.8. The van der Waals surface area contributed by atoms with E-state index in [1.807, 2.05) is 0 Å². The van der Waals surface area contributed by atoms with Crippen LogP contribution in [-0.4, -0.2) is 63.1 Å². The van der Waals surface area contributed by atoms with E-state index in [1.165, 1.54) is 23.9 Å². The van der Waals surface area contributed by atoms with Gasteiger partial charge >= 0.3 is 5.97 Å². The number of hydrogen-bond donors (Lipinski definition) is 0. The Morgan fingerprint density at radius 1 is 1.35 bits per heavy atom. The average molecular weight is 302 g/mol. The van der Waals surface area contributed by atoms with E-state index >= 15 is 0 Å². The van der Waals surface area contributed by atoms with Gasteiger partial charge in [0, 0.05) is 38.3 Å². The number of rotatable bonds is 4. The Morgan fingerprint density at radius 3 is 2.55 bits per heavy atom. The van der Waals surface area contributed by atoms with Crippen LogP contribution in [0.15, 0.2) is 16.7 Å². The molecule has 0 bridgehead atoms. The Bertz CT molecular complexity index is 572. The van der Waals surface area contributed by atoms with Crippen molar-refractivity contribution in [3.05, 3.63) is 23.7 Å². The SMILES string of the molecule is COC(=O)c1occc1CN1CCN(S(C)(=O)=O)CC1. The van der Waals surface area contributed by atoms with E-state index in [2.05, 4.69) is 9.64 Å². The van der Waals surface area contributed by atoms with Crippen LogP contribution in [0, 0.1) is 0 Å². The van der Waals surface area contributed by atoms with Crippen molar-refractivity contribution < 1.29 is 22.4 Å². The maximum atomic E-state index is 11.5. The molecule has 0 aromatic carbocycles. The van der Waals surface area contributed by atoms with Crippen molar-refractivity contribution in [2.24, 2.45) is 0 Å². The topological polar surface area (TPSA) is 80.1 Å². The van der Waals surface area contributed by atoms with Gasteiger partial charge in [0.25, 0.3) is 0 Å². The van der Waals surface area contributed by atoms with Crippen LogP contribution in [0.2, 0.25) is 0 Å². The van der Waals surface area contributed by atoms with Gasteiger partial charge in [0.2, 0.25) is 15.8 Å². The number of nitrogens with zero attached hydrogens (tertiary/aromatic N) is 2. The maximum Gasteiger partial charge on any atom is 0.374 e. The summed E-state index contributed by atoms with van der Waals surface area (Å²) in [4.78, 5) is 13.6. The van der Waals surface area contributed by atoms with Crippen LogP contribution < -0.4 is 0 Å². The van der Waals surface area contributed by atoms with Gasteiger partial charge in [0.15, 0.2) is 0 Å². The molecule has 8 heteroatoms. The van der Waals surface area contributed by atoms with Crippen LogP contribution in [0.4, 0.5) is 0 Å². The van der Waals surface area contributed by atoms with Crippen molar-refractivity contribution in [3.8, 4) is 0 Å². The van der Waals surface area contributed by atoms with Gasteiger partial charge in [-0.05, 0) is 6.07 Å². The molecule has 0 N–H and O–H groups in total. The van der Waals surface area contributed by atoms with Gasteiger partial charge in [-0.2, -0.15) is 4.31 Å². The molecule has 0 radical (unpaired) electrons. The fourth-order valence-corrected chi connectivity index (χ4v) is 3.02. The third-order valence-electron chi connectivity index (χ3n) is 3.31. The number of methoxy groups -OCH3 is 1. The van der Waals surface area contributed by atoms with Gasteiger partial charge in [-0.25, -0.2) is 13.2 Å². The lowest BCUT2D eigenvalue weighted by atomic mass is 10.2. The van der Waals surface area contributed by atoms with Crippen LogP contribution in [0.25, 0.3) is 0 Å². The first kappa shape index (κ1) is 15.0. The molecule has 2 heterocycles. The predicted octanol–water partition coefficient (Wildman–Crippen LogP) is 0.143. The molecule has 7 nitrogen and oxygen atoms in total. The van der Waals surface area contributed by atoms with Gasteiger partial charge in [0.05, 0.1) is 19.6 Å². The van der Waals surface area contributed by atoms with Crippen molar-refractivity contribution in [2.75, 3.05) is 39.5 Å². The number of carbonyl (C=O) groups is 1. The lowest BCUT2D eigenvalue weighted by molar-refractivity contribution is 0.0561. The van der Waals surface area contributed by atoms with E-state index in [9.17, 15) is 13.2 Å². The highest BCUT2D eigenvalue weighted by Gasteiger charge is 2.25. The second-order valence-electron chi connectivity index (χ2n) is 4.70. The second kappa shape index (κ2) is 5.94. The molecular weight excluding hydrogens is 284 g/mol. The average Bonchev–Trinajstić information content (AvgIpc) is 2.85. The zero-order valence-electron chi connectivity index (χ0n) is 11.5. The van der Waals surface area contributed by atoms with Gasteiger partial charge in [-0.3, -0.25) is 4.90 Å². The molecule has 20 heavy (non-hydrogen) atoms. The molecule has 0 aliphatic carbocycles. The fourth-order valence-electron chi connectivity index (χ4n) is 2.19. The number of carbonyl (C=O) groups excluding carboxylic acids is 1. The Kier molecular flexibility index (Phi) is 4.46. The summed E-state index contributed by atoms with van der Waals surface area (Å²) in [5.41, 5.74) is 0.754. The Hall–Kier alpha value is -1.38. The first-order valence-corrected chi connectivity index (χ1v) is 8.09. The van der Waals surface area contributed by atoms with Crippen molar-refractivity contribution in [1.29, 1.82) is 0 Å². The summed E-state index contributed by atoms with van der Waals surface area (Å²) in [5, 5.41) is 0. The molecule has 0 atom stereocenters. The lowest BCUT2D eigenvalue weighted by Gasteiger charge is -2.33. The highest BCUT2D eigenvalue weighted by Crippen LogP contribution is 2.16. The predicted molar refractivity (Wildman–Crippen MR) is 71.7 cm³/mol. The number of furan rings is 1. The number of piperazine rings is 1. The van der Waals surface area contributed by atoms with E-state index in [-0.39, 0.29) is 5.76 Å². The molecular formula is C12H18N2O5S. The zero-order valence-corrected chi connectivity index (χ0v) is 12.4. The van der Waals surface area contributed by atoms with Crippen LogP contribution in [0.5, 0.6) is 0 Å². The molecule has 1 aliphatic rings. The molecule has 1 aliphatic heterocycles. The summed E-state index contributed by atoms with van der Waals surface area (Å²) in [7, 11) is -1.82. The third-order valence-corrected chi connectivity index (χ3v) is 4.61. The molecule has 0 unspecified atom stereocenters. The second-order valence-corrected chi connectivity index (χ2v) is 6.69. The molecule has 0 saturated carbocycles. The minimum atomic E-state index is -3.12. The first-order chi connectivity index (χ1) is 9.41. The number of sulfonamides is 1. The minimum absolute atomic E-state index is 0.207. The summed E-state index contributed by atoms with van der Waals surface area (Å²) in [6.45, 7) is 2.71.